The van der Waals surface area contributed by atoms with Crippen LogP contribution in [-0.2, 0) is 19.7 Å². The predicted octanol–water partition coefficient (Wildman–Crippen LogP) is 3.02. The van der Waals surface area contributed by atoms with Gasteiger partial charge >= 0.3 is 0 Å². The minimum absolute atomic E-state index is 0.0165. The summed E-state index contributed by atoms with van der Waals surface area (Å²) in [5, 5.41) is 0. The Bertz CT molecular complexity index is 646. The fourth-order valence-corrected chi connectivity index (χ4v) is 4.10. The molecule has 0 fully saturated rings. The molecule has 4 nitrogen and oxygen atoms in total. The molecule has 0 spiro atoms. The summed E-state index contributed by atoms with van der Waals surface area (Å²) in [5.74, 6) is 0.0445. The SMILES string of the molecule is CCCCCCCCS(=O)(=O)c1[c]ccc(S(C)(=O)=O)c1. The zero-order valence-electron chi connectivity index (χ0n) is 12.6. The first-order chi connectivity index (χ1) is 9.77. The first kappa shape index (κ1) is 18.2. The molecule has 0 amide bonds. The lowest BCUT2D eigenvalue weighted by Crippen LogP contribution is -2.08. The fourth-order valence-electron chi connectivity index (χ4n) is 2.02. The summed E-state index contributed by atoms with van der Waals surface area (Å²) in [6.45, 7) is 2.13. The molecule has 0 atom stereocenters. The van der Waals surface area contributed by atoms with Crippen molar-refractivity contribution < 1.29 is 16.8 Å². The Morgan fingerprint density at radius 3 is 2.24 bits per heavy atom. The van der Waals surface area contributed by atoms with Crippen molar-refractivity contribution in [2.75, 3.05) is 12.0 Å². The van der Waals surface area contributed by atoms with Gasteiger partial charge in [-0.3, -0.25) is 0 Å². The van der Waals surface area contributed by atoms with Crippen LogP contribution in [0.2, 0.25) is 0 Å². The van der Waals surface area contributed by atoms with Crippen LogP contribution >= 0.6 is 0 Å². The number of sulfone groups is 2. The molecule has 0 bridgehead atoms. The zero-order valence-corrected chi connectivity index (χ0v) is 14.3. The van der Waals surface area contributed by atoms with Gasteiger partial charge in [-0.15, -0.1) is 0 Å². The number of hydrogen-bond acceptors (Lipinski definition) is 4. The first-order valence-corrected chi connectivity index (χ1v) is 10.8. The van der Waals surface area contributed by atoms with Crippen LogP contribution in [0.3, 0.4) is 0 Å². The van der Waals surface area contributed by atoms with E-state index in [1.165, 1.54) is 24.6 Å². The molecule has 0 N–H and O–H groups in total. The van der Waals surface area contributed by atoms with Crippen LogP contribution in [0.15, 0.2) is 28.0 Å². The minimum atomic E-state index is -3.46. The van der Waals surface area contributed by atoms with Crippen molar-refractivity contribution in [1.82, 2.24) is 0 Å². The molecule has 1 aromatic rings. The molecule has 0 unspecified atom stereocenters. The van der Waals surface area contributed by atoms with E-state index >= 15 is 0 Å². The standard InChI is InChI=1S/C15H23O4S2/c1-3-4-5-6-7-8-12-21(18,19)15-11-9-10-14(13-15)20(2,16)17/h9-10,13H,3-8,12H2,1-2H3. The van der Waals surface area contributed by atoms with E-state index in [1.807, 2.05) is 0 Å². The van der Waals surface area contributed by atoms with Crippen LogP contribution < -0.4 is 0 Å². The summed E-state index contributed by atoms with van der Waals surface area (Å²) < 4.78 is 47.3. The molecule has 1 radical (unpaired) electrons. The van der Waals surface area contributed by atoms with E-state index in [-0.39, 0.29) is 15.5 Å². The lowest BCUT2D eigenvalue weighted by atomic mass is 10.1. The molecule has 0 aromatic heterocycles. The molecule has 0 saturated carbocycles. The van der Waals surface area contributed by atoms with Crippen LogP contribution in [-0.4, -0.2) is 28.8 Å². The number of benzene rings is 1. The molecule has 6 heteroatoms. The molecule has 119 valence electrons. The lowest BCUT2D eigenvalue weighted by molar-refractivity contribution is 0.583. The van der Waals surface area contributed by atoms with Crippen molar-refractivity contribution in [3.8, 4) is 0 Å². The molecule has 0 aliphatic rings. The normalized spacial score (nSPS) is 12.5. The highest BCUT2D eigenvalue weighted by atomic mass is 32.2. The van der Waals surface area contributed by atoms with Crippen LogP contribution in [0.25, 0.3) is 0 Å². The molecule has 0 aliphatic carbocycles. The van der Waals surface area contributed by atoms with Gasteiger partial charge in [-0.05, 0) is 18.6 Å². The van der Waals surface area contributed by atoms with Crippen molar-refractivity contribution in [3.63, 3.8) is 0 Å². The van der Waals surface area contributed by atoms with E-state index in [1.54, 1.807) is 0 Å². The van der Waals surface area contributed by atoms with E-state index in [9.17, 15) is 16.8 Å². The third-order valence-corrected chi connectivity index (χ3v) is 6.12. The summed E-state index contributed by atoms with van der Waals surface area (Å²) in [7, 11) is -6.86. The lowest BCUT2D eigenvalue weighted by Gasteiger charge is -2.06. The molecule has 0 heterocycles. The van der Waals surface area contributed by atoms with E-state index in [2.05, 4.69) is 13.0 Å². The van der Waals surface area contributed by atoms with Gasteiger partial charge in [0.05, 0.1) is 15.5 Å². The second-order valence-electron chi connectivity index (χ2n) is 5.25. The average molecular weight is 331 g/mol. The van der Waals surface area contributed by atoms with Crippen LogP contribution in [0.1, 0.15) is 45.4 Å². The highest BCUT2D eigenvalue weighted by Gasteiger charge is 2.17. The maximum atomic E-state index is 12.2. The van der Waals surface area contributed by atoms with E-state index in [0.29, 0.717) is 6.42 Å². The number of rotatable bonds is 9. The van der Waals surface area contributed by atoms with Crippen LogP contribution in [0, 0.1) is 6.07 Å². The Hall–Kier alpha value is -0.880. The Kier molecular flexibility index (Phi) is 6.87. The topological polar surface area (TPSA) is 68.3 Å². The summed E-state index contributed by atoms with van der Waals surface area (Å²) in [6.07, 6.45) is 7.05. The molecular weight excluding hydrogens is 308 g/mol. The Balaban J connectivity index is 2.67. The minimum Gasteiger partial charge on any atom is -0.224 e. The van der Waals surface area contributed by atoms with Gasteiger partial charge in [0.2, 0.25) is 0 Å². The molecule has 21 heavy (non-hydrogen) atoms. The van der Waals surface area contributed by atoms with Crippen LogP contribution in [0.4, 0.5) is 0 Å². The summed E-state index contributed by atoms with van der Waals surface area (Å²) in [4.78, 5) is -0.0123. The summed E-state index contributed by atoms with van der Waals surface area (Å²) >= 11 is 0. The Morgan fingerprint density at radius 1 is 1.00 bits per heavy atom. The molecule has 0 aliphatic heterocycles. The summed E-state index contributed by atoms with van der Waals surface area (Å²) in [6, 6.07) is 6.54. The van der Waals surface area contributed by atoms with Gasteiger partial charge in [0.15, 0.2) is 19.7 Å². The average Bonchev–Trinajstić information content (AvgIpc) is 2.42. The van der Waals surface area contributed by atoms with Crippen molar-refractivity contribution in [2.45, 2.75) is 55.2 Å². The van der Waals surface area contributed by atoms with Gasteiger partial charge < -0.3 is 0 Å². The zero-order chi connectivity index (χ0) is 15.9. The van der Waals surface area contributed by atoms with E-state index < -0.39 is 19.7 Å². The monoisotopic (exact) mass is 331 g/mol. The third kappa shape index (κ3) is 6.18. The molecule has 1 aromatic carbocycles. The fraction of sp³-hybridized carbons (Fsp3) is 0.600. The summed E-state index contributed by atoms with van der Waals surface area (Å²) in [5.41, 5.74) is 0. The third-order valence-electron chi connectivity index (χ3n) is 3.28. The number of hydrogen-bond donors (Lipinski definition) is 0. The van der Waals surface area contributed by atoms with Crippen molar-refractivity contribution in [2.24, 2.45) is 0 Å². The maximum absolute atomic E-state index is 12.2. The Morgan fingerprint density at radius 2 is 1.62 bits per heavy atom. The molecular formula is C15H23O4S2. The van der Waals surface area contributed by atoms with E-state index in [0.717, 1.165) is 31.9 Å². The highest BCUT2D eigenvalue weighted by molar-refractivity contribution is 7.92. The van der Waals surface area contributed by atoms with Crippen molar-refractivity contribution in [3.05, 3.63) is 24.3 Å². The van der Waals surface area contributed by atoms with Gasteiger partial charge in [-0.2, -0.15) is 0 Å². The van der Waals surface area contributed by atoms with Gasteiger partial charge in [-0.1, -0.05) is 45.1 Å². The molecule has 1 rings (SSSR count). The van der Waals surface area contributed by atoms with E-state index in [4.69, 9.17) is 0 Å². The predicted molar refractivity (Wildman–Crippen MR) is 83.8 cm³/mol. The van der Waals surface area contributed by atoms with Gasteiger partial charge in [0.1, 0.15) is 0 Å². The van der Waals surface area contributed by atoms with Crippen LogP contribution in [0.5, 0.6) is 0 Å². The van der Waals surface area contributed by atoms with Crippen molar-refractivity contribution in [1.29, 1.82) is 0 Å². The Labute approximate surface area is 128 Å². The highest BCUT2D eigenvalue weighted by Crippen LogP contribution is 2.18. The largest absolute Gasteiger partial charge is 0.224 e. The van der Waals surface area contributed by atoms with Gasteiger partial charge in [-0.25, -0.2) is 16.8 Å². The molecule has 0 saturated heterocycles. The smallest absolute Gasteiger partial charge is 0.179 e. The van der Waals surface area contributed by atoms with Gasteiger partial charge in [0, 0.05) is 12.3 Å². The maximum Gasteiger partial charge on any atom is 0.179 e. The second kappa shape index (κ2) is 7.94. The quantitative estimate of drug-likeness (QED) is 0.652. The van der Waals surface area contributed by atoms with Crippen molar-refractivity contribution >= 4 is 19.7 Å². The van der Waals surface area contributed by atoms with Gasteiger partial charge in [0.25, 0.3) is 0 Å². The number of unbranched alkanes of at least 4 members (excludes halogenated alkanes) is 5. The first-order valence-electron chi connectivity index (χ1n) is 7.22. The second-order valence-corrected chi connectivity index (χ2v) is 9.34.